The first-order valence-electron chi connectivity index (χ1n) is 14.9. The number of carbonyl (C=O) groups excluding carboxylic acids is 3. The van der Waals surface area contributed by atoms with Crippen LogP contribution in [-0.2, 0) is 14.3 Å². The Hall–Kier alpha value is -3.90. The third kappa shape index (κ3) is 7.01. The lowest BCUT2D eigenvalue weighted by atomic mass is 9.56. The molecule has 2 bridgehead atoms. The quantitative estimate of drug-likeness (QED) is 0.273. The zero-order valence-electron chi connectivity index (χ0n) is 26.7. The van der Waals surface area contributed by atoms with Gasteiger partial charge in [-0.2, -0.15) is 0 Å². The van der Waals surface area contributed by atoms with Gasteiger partial charge in [-0.05, 0) is 71.4 Å². The molecule has 3 fully saturated rings. The zero-order valence-corrected chi connectivity index (χ0v) is 27.4. The lowest BCUT2D eigenvalue weighted by Gasteiger charge is -2.60. The molecule has 12 nitrogen and oxygen atoms in total. The van der Waals surface area contributed by atoms with Crippen LogP contribution < -0.4 is 15.4 Å². The molecule has 2 aliphatic heterocycles. The van der Waals surface area contributed by atoms with Crippen molar-refractivity contribution >= 4 is 46.3 Å². The Labute approximate surface area is 267 Å². The summed E-state index contributed by atoms with van der Waals surface area (Å²) < 4.78 is 23.5. The van der Waals surface area contributed by atoms with Gasteiger partial charge in [-0.3, -0.25) is 19.9 Å². The molecule has 3 aromatic rings. The summed E-state index contributed by atoms with van der Waals surface area (Å²) >= 11 is 6.11. The fourth-order valence-corrected chi connectivity index (χ4v) is 6.55. The van der Waals surface area contributed by atoms with Gasteiger partial charge in [0.25, 0.3) is 5.91 Å². The van der Waals surface area contributed by atoms with Crippen LogP contribution in [0.5, 0.6) is 5.75 Å². The minimum atomic E-state index is -1.31. The van der Waals surface area contributed by atoms with Crippen LogP contribution in [0.3, 0.4) is 0 Å². The van der Waals surface area contributed by atoms with E-state index in [-0.39, 0.29) is 45.9 Å². The first-order chi connectivity index (χ1) is 21.1. The zero-order chi connectivity index (χ0) is 32.7. The maximum absolute atomic E-state index is 14.6. The van der Waals surface area contributed by atoms with Gasteiger partial charge in [0.05, 0.1) is 42.9 Å². The highest BCUT2D eigenvalue weighted by molar-refractivity contribution is 6.29. The first-order valence-corrected chi connectivity index (χ1v) is 15.3. The standard InChI is InChI=1S/C32H40ClN5O7/c1-18(2)35-27(39)26(25-20(13-34-14-23(25)42-7)37-29(41)45-30(3,4)5)38(17-32-15-31(6,16-32)10-11-43-32)28(40)22-12-19-21(44-22)8-9-24(33)36-19/h8-9,12-14,18,26H,10-11,15-17H2,1-7H3,(H,35,39)(H,37,41). The molecular formula is C32H40ClN5O7. The van der Waals surface area contributed by atoms with E-state index >= 15 is 0 Å². The minimum Gasteiger partial charge on any atom is -0.495 e. The number of rotatable bonds is 9. The van der Waals surface area contributed by atoms with Crippen molar-refractivity contribution in [3.05, 3.63) is 47.1 Å². The van der Waals surface area contributed by atoms with E-state index in [2.05, 4.69) is 27.5 Å². The van der Waals surface area contributed by atoms with Crippen LogP contribution >= 0.6 is 11.6 Å². The summed E-state index contributed by atoms with van der Waals surface area (Å²) in [4.78, 5) is 51.8. The van der Waals surface area contributed by atoms with Crippen molar-refractivity contribution in [3.63, 3.8) is 0 Å². The van der Waals surface area contributed by atoms with E-state index in [1.807, 2.05) is 13.8 Å². The molecule has 1 atom stereocenters. The second-order valence-electron chi connectivity index (χ2n) is 13.5. The molecule has 13 heteroatoms. The van der Waals surface area contributed by atoms with Gasteiger partial charge in [0.15, 0.2) is 11.3 Å². The van der Waals surface area contributed by atoms with Gasteiger partial charge >= 0.3 is 6.09 Å². The number of amides is 3. The number of fused-ring (bicyclic) bond motifs is 3. The summed E-state index contributed by atoms with van der Waals surface area (Å²) in [6.45, 7) is 11.7. The van der Waals surface area contributed by atoms with Crippen LogP contribution in [-0.4, -0.2) is 70.3 Å². The number of methoxy groups -OCH3 is 1. The monoisotopic (exact) mass is 641 g/mol. The number of furan rings is 1. The molecule has 6 rings (SSSR count). The second kappa shape index (κ2) is 12.1. The van der Waals surface area contributed by atoms with Crippen molar-refractivity contribution in [2.24, 2.45) is 5.41 Å². The number of hydrogen-bond acceptors (Lipinski definition) is 9. The molecular weight excluding hydrogens is 602 g/mol. The van der Waals surface area contributed by atoms with E-state index in [4.69, 9.17) is 30.2 Å². The Morgan fingerprint density at radius 1 is 1.18 bits per heavy atom. The molecule has 3 amide bonds. The Morgan fingerprint density at radius 2 is 1.91 bits per heavy atom. The summed E-state index contributed by atoms with van der Waals surface area (Å²) in [6.07, 6.45) is 4.41. The summed E-state index contributed by atoms with van der Waals surface area (Å²) in [5.74, 6) is -0.927. The van der Waals surface area contributed by atoms with Crippen molar-refractivity contribution in [1.82, 2.24) is 20.2 Å². The molecule has 5 heterocycles. The summed E-state index contributed by atoms with van der Waals surface area (Å²) in [5.41, 5.74) is -0.264. The smallest absolute Gasteiger partial charge is 0.412 e. The number of pyridine rings is 2. The van der Waals surface area contributed by atoms with E-state index in [9.17, 15) is 14.4 Å². The molecule has 1 unspecified atom stereocenters. The average Bonchev–Trinajstić information content (AvgIpc) is 3.34. The van der Waals surface area contributed by atoms with Crippen LogP contribution in [0.25, 0.3) is 11.1 Å². The average molecular weight is 642 g/mol. The van der Waals surface area contributed by atoms with Crippen molar-refractivity contribution in [2.75, 3.05) is 25.6 Å². The normalized spacial score (nSPS) is 21.5. The van der Waals surface area contributed by atoms with E-state index in [0.717, 1.165) is 19.3 Å². The molecule has 242 valence electrons. The van der Waals surface area contributed by atoms with Gasteiger partial charge in [0.1, 0.15) is 28.1 Å². The van der Waals surface area contributed by atoms with Gasteiger partial charge in [0, 0.05) is 18.7 Å². The van der Waals surface area contributed by atoms with Crippen molar-refractivity contribution in [1.29, 1.82) is 0 Å². The molecule has 2 N–H and O–H groups in total. The lowest BCUT2D eigenvalue weighted by molar-refractivity contribution is -0.224. The minimum absolute atomic E-state index is 0.0360. The van der Waals surface area contributed by atoms with Crippen molar-refractivity contribution in [2.45, 2.75) is 84.1 Å². The maximum Gasteiger partial charge on any atom is 0.412 e. The molecule has 0 aromatic carbocycles. The van der Waals surface area contributed by atoms with Gasteiger partial charge in [-0.1, -0.05) is 18.5 Å². The van der Waals surface area contributed by atoms with E-state index in [0.29, 0.717) is 17.7 Å². The van der Waals surface area contributed by atoms with Gasteiger partial charge in [0.2, 0.25) is 5.91 Å². The van der Waals surface area contributed by atoms with Crippen molar-refractivity contribution < 1.29 is 33.0 Å². The third-order valence-corrected chi connectivity index (χ3v) is 8.16. The number of hydrogen-bond donors (Lipinski definition) is 2. The van der Waals surface area contributed by atoms with Gasteiger partial charge in [-0.25, -0.2) is 9.78 Å². The lowest BCUT2D eigenvalue weighted by Crippen LogP contribution is -2.63. The highest BCUT2D eigenvalue weighted by Gasteiger charge is 2.58. The topological polar surface area (TPSA) is 145 Å². The maximum atomic E-state index is 14.6. The van der Waals surface area contributed by atoms with Crippen LogP contribution in [0, 0.1) is 5.41 Å². The number of carbonyl (C=O) groups is 3. The number of aromatic nitrogens is 2. The number of ether oxygens (including phenoxy) is 3. The summed E-state index contributed by atoms with van der Waals surface area (Å²) in [7, 11) is 1.43. The first kappa shape index (κ1) is 32.5. The Kier molecular flexibility index (Phi) is 8.76. The van der Waals surface area contributed by atoms with Gasteiger partial charge < -0.3 is 28.8 Å². The largest absolute Gasteiger partial charge is 0.495 e. The molecule has 0 spiro atoms. The molecule has 0 radical (unpaired) electrons. The number of anilines is 1. The van der Waals surface area contributed by atoms with E-state index < -0.39 is 35.2 Å². The number of nitrogens with one attached hydrogen (secondary N) is 2. The molecule has 1 aliphatic carbocycles. The van der Waals surface area contributed by atoms with Crippen LogP contribution in [0.2, 0.25) is 5.15 Å². The number of halogens is 1. The van der Waals surface area contributed by atoms with Gasteiger partial charge in [-0.15, -0.1) is 0 Å². The predicted octanol–water partition coefficient (Wildman–Crippen LogP) is 5.90. The van der Waals surface area contributed by atoms with Crippen molar-refractivity contribution in [3.8, 4) is 5.75 Å². The Morgan fingerprint density at radius 3 is 2.56 bits per heavy atom. The highest BCUT2D eigenvalue weighted by atomic mass is 35.5. The fraction of sp³-hybridized carbons (Fsp3) is 0.531. The Bertz CT molecular complexity index is 1610. The Balaban J connectivity index is 1.66. The molecule has 3 aliphatic rings. The second-order valence-corrected chi connectivity index (χ2v) is 13.9. The van der Waals surface area contributed by atoms with Crippen LogP contribution in [0.1, 0.15) is 83.0 Å². The molecule has 2 saturated heterocycles. The van der Waals surface area contributed by atoms with Crippen LogP contribution in [0.15, 0.2) is 35.0 Å². The van der Waals surface area contributed by atoms with E-state index in [1.165, 1.54) is 30.5 Å². The number of nitrogens with zero attached hydrogens (tertiary/aromatic N) is 3. The predicted molar refractivity (Wildman–Crippen MR) is 167 cm³/mol. The highest BCUT2D eigenvalue weighted by Crippen LogP contribution is 2.57. The molecule has 3 aromatic heterocycles. The molecule has 1 saturated carbocycles. The SMILES string of the molecule is COc1cncc(NC(=O)OC(C)(C)C)c1C(C(=O)NC(C)C)N(CC12CC(C)(CCO1)C2)C(=O)c1cc2nc(Cl)ccc2o1. The van der Waals surface area contributed by atoms with E-state index in [1.54, 1.807) is 32.9 Å². The summed E-state index contributed by atoms with van der Waals surface area (Å²) in [6, 6.07) is 3.12. The van der Waals surface area contributed by atoms with Crippen LogP contribution in [0.4, 0.5) is 10.5 Å². The third-order valence-electron chi connectivity index (χ3n) is 7.95. The summed E-state index contributed by atoms with van der Waals surface area (Å²) in [5, 5.41) is 5.91. The fourth-order valence-electron chi connectivity index (χ4n) is 6.39. The molecule has 45 heavy (non-hydrogen) atoms.